The lowest BCUT2D eigenvalue weighted by Gasteiger charge is -2.27. The third-order valence-corrected chi connectivity index (χ3v) is 5.16. The summed E-state index contributed by atoms with van der Waals surface area (Å²) in [6.45, 7) is 10.1. The number of halogens is 1. The topological polar surface area (TPSA) is 54.5 Å². The van der Waals surface area contributed by atoms with Gasteiger partial charge in [0, 0.05) is 24.5 Å². The number of likely N-dealkylation sites (tertiary alicyclic amines) is 1. The number of nitrogens with zero attached hydrogens (tertiary/aromatic N) is 2. The van der Waals surface area contributed by atoms with Crippen molar-refractivity contribution >= 4 is 11.6 Å². The number of pyridine rings is 1. The lowest BCUT2D eigenvalue weighted by Crippen LogP contribution is -2.33. The first-order chi connectivity index (χ1) is 13.8. The van der Waals surface area contributed by atoms with Crippen LogP contribution in [-0.2, 0) is 5.41 Å². The molecular formula is C23H30FN3O2. The Morgan fingerprint density at radius 2 is 1.97 bits per heavy atom. The van der Waals surface area contributed by atoms with Gasteiger partial charge in [-0.3, -0.25) is 9.69 Å². The molecule has 0 radical (unpaired) electrons. The van der Waals surface area contributed by atoms with Crippen LogP contribution in [0, 0.1) is 5.95 Å². The monoisotopic (exact) mass is 399 g/mol. The number of benzene rings is 1. The Labute approximate surface area is 172 Å². The van der Waals surface area contributed by atoms with Crippen molar-refractivity contribution in [1.82, 2.24) is 9.88 Å². The van der Waals surface area contributed by atoms with Crippen molar-refractivity contribution in [2.75, 3.05) is 31.6 Å². The summed E-state index contributed by atoms with van der Waals surface area (Å²) in [6.07, 6.45) is 5.13. The maximum atomic E-state index is 13.8. The SMILES string of the molecule is CC(C)(C)c1ccc(NC(=O)c2cccnc2F)cc1OCCN1CCCCC1. The fourth-order valence-corrected chi connectivity index (χ4v) is 3.56. The van der Waals surface area contributed by atoms with E-state index in [-0.39, 0.29) is 11.0 Å². The number of rotatable bonds is 6. The first-order valence-electron chi connectivity index (χ1n) is 10.3. The summed E-state index contributed by atoms with van der Waals surface area (Å²) in [5, 5.41) is 2.75. The number of ether oxygens (including phenoxy) is 1. The van der Waals surface area contributed by atoms with Gasteiger partial charge in [0.25, 0.3) is 5.91 Å². The van der Waals surface area contributed by atoms with Gasteiger partial charge >= 0.3 is 0 Å². The van der Waals surface area contributed by atoms with Crippen molar-refractivity contribution in [3.63, 3.8) is 0 Å². The smallest absolute Gasteiger partial charge is 0.260 e. The second kappa shape index (κ2) is 9.35. The molecule has 0 bridgehead atoms. The minimum Gasteiger partial charge on any atom is -0.492 e. The third-order valence-electron chi connectivity index (χ3n) is 5.16. The van der Waals surface area contributed by atoms with Gasteiger partial charge in [0.05, 0.1) is 5.56 Å². The van der Waals surface area contributed by atoms with E-state index in [1.807, 2.05) is 18.2 Å². The molecule has 2 aromatic rings. The first kappa shape index (κ1) is 21.2. The molecule has 1 N–H and O–H groups in total. The van der Waals surface area contributed by atoms with Crippen LogP contribution in [0.1, 0.15) is 56.0 Å². The molecule has 3 rings (SSSR count). The maximum Gasteiger partial charge on any atom is 0.260 e. The quantitative estimate of drug-likeness (QED) is 0.720. The number of piperidine rings is 1. The normalized spacial score (nSPS) is 15.2. The van der Waals surface area contributed by atoms with Crippen LogP contribution in [0.2, 0.25) is 0 Å². The lowest BCUT2D eigenvalue weighted by atomic mass is 9.86. The van der Waals surface area contributed by atoms with Crippen LogP contribution in [0.3, 0.4) is 0 Å². The molecule has 5 nitrogen and oxygen atoms in total. The Balaban J connectivity index is 1.72. The van der Waals surface area contributed by atoms with Gasteiger partial charge in [0.15, 0.2) is 0 Å². The molecule has 2 heterocycles. The number of aromatic nitrogens is 1. The predicted octanol–water partition coefficient (Wildman–Crippen LogP) is 4.64. The van der Waals surface area contributed by atoms with E-state index in [0.717, 1.165) is 30.9 Å². The van der Waals surface area contributed by atoms with Crippen molar-refractivity contribution in [3.05, 3.63) is 53.6 Å². The van der Waals surface area contributed by atoms with Crippen LogP contribution >= 0.6 is 0 Å². The molecule has 1 aliphatic rings. The molecular weight excluding hydrogens is 369 g/mol. The van der Waals surface area contributed by atoms with Gasteiger partial charge in [-0.25, -0.2) is 4.98 Å². The summed E-state index contributed by atoms with van der Waals surface area (Å²) >= 11 is 0. The maximum absolute atomic E-state index is 13.8. The molecule has 1 fully saturated rings. The Kier molecular flexibility index (Phi) is 6.85. The van der Waals surface area contributed by atoms with Crippen molar-refractivity contribution in [1.29, 1.82) is 0 Å². The highest BCUT2D eigenvalue weighted by molar-refractivity contribution is 6.04. The van der Waals surface area contributed by atoms with Gasteiger partial charge in [0.2, 0.25) is 5.95 Å². The fourth-order valence-electron chi connectivity index (χ4n) is 3.56. The highest BCUT2D eigenvalue weighted by atomic mass is 19.1. The summed E-state index contributed by atoms with van der Waals surface area (Å²) in [7, 11) is 0. The Bertz CT molecular complexity index is 842. The Morgan fingerprint density at radius 1 is 1.21 bits per heavy atom. The van der Waals surface area contributed by atoms with Crippen molar-refractivity contribution in [3.8, 4) is 5.75 Å². The molecule has 0 aliphatic carbocycles. The molecule has 1 amide bonds. The Hall–Kier alpha value is -2.47. The molecule has 0 unspecified atom stereocenters. The third kappa shape index (κ3) is 5.76. The van der Waals surface area contributed by atoms with E-state index in [4.69, 9.17) is 4.74 Å². The van der Waals surface area contributed by atoms with E-state index in [0.29, 0.717) is 12.3 Å². The van der Waals surface area contributed by atoms with E-state index in [2.05, 4.69) is 36.0 Å². The predicted molar refractivity (Wildman–Crippen MR) is 113 cm³/mol. The molecule has 156 valence electrons. The van der Waals surface area contributed by atoms with Crippen LogP contribution in [0.15, 0.2) is 36.5 Å². The zero-order valence-electron chi connectivity index (χ0n) is 17.5. The standard InChI is InChI=1S/C23H30FN3O2/c1-23(2,3)19-10-9-17(26-22(28)18-8-7-11-25-21(18)24)16-20(19)29-15-14-27-12-5-4-6-13-27/h7-11,16H,4-6,12-15H2,1-3H3,(H,26,28). The number of nitrogens with one attached hydrogen (secondary N) is 1. The van der Waals surface area contributed by atoms with E-state index in [1.54, 1.807) is 0 Å². The van der Waals surface area contributed by atoms with Crippen molar-refractivity contribution in [2.45, 2.75) is 45.4 Å². The molecule has 29 heavy (non-hydrogen) atoms. The zero-order valence-corrected chi connectivity index (χ0v) is 17.5. The highest BCUT2D eigenvalue weighted by Gasteiger charge is 2.21. The van der Waals surface area contributed by atoms with Crippen LogP contribution in [0.5, 0.6) is 5.75 Å². The minimum absolute atomic E-state index is 0.0834. The highest BCUT2D eigenvalue weighted by Crippen LogP contribution is 2.33. The van der Waals surface area contributed by atoms with Crippen molar-refractivity contribution in [2.24, 2.45) is 0 Å². The molecule has 1 aromatic carbocycles. The van der Waals surface area contributed by atoms with Crippen LogP contribution in [0.4, 0.5) is 10.1 Å². The first-order valence-corrected chi connectivity index (χ1v) is 10.3. The van der Waals surface area contributed by atoms with Crippen LogP contribution < -0.4 is 10.1 Å². The number of amides is 1. The second-order valence-electron chi connectivity index (χ2n) is 8.51. The molecule has 0 spiro atoms. The van der Waals surface area contributed by atoms with Gasteiger partial charge in [-0.1, -0.05) is 33.3 Å². The summed E-state index contributed by atoms with van der Waals surface area (Å²) in [4.78, 5) is 18.4. The molecule has 0 atom stereocenters. The number of carbonyl (C=O) groups excluding carboxylic acids is 1. The van der Waals surface area contributed by atoms with Gasteiger partial charge in [-0.2, -0.15) is 4.39 Å². The molecule has 1 aromatic heterocycles. The number of anilines is 1. The van der Waals surface area contributed by atoms with E-state index in [9.17, 15) is 9.18 Å². The fraction of sp³-hybridized carbons (Fsp3) is 0.478. The van der Waals surface area contributed by atoms with E-state index >= 15 is 0 Å². The van der Waals surface area contributed by atoms with Gasteiger partial charge in [-0.15, -0.1) is 0 Å². The second-order valence-corrected chi connectivity index (χ2v) is 8.51. The van der Waals surface area contributed by atoms with Gasteiger partial charge in [0.1, 0.15) is 12.4 Å². The van der Waals surface area contributed by atoms with Crippen molar-refractivity contribution < 1.29 is 13.9 Å². The van der Waals surface area contributed by atoms with Crippen LogP contribution in [0.25, 0.3) is 0 Å². The summed E-state index contributed by atoms with van der Waals surface area (Å²) in [5.74, 6) is -0.563. The average molecular weight is 400 g/mol. The largest absolute Gasteiger partial charge is 0.492 e. The summed E-state index contributed by atoms with van der Waals surface area (Å²) < 4.78 is 19.9. The van der Waals surface area contributed by atoms with E-state index < -0.39 is 11.9 Å². The molecule has 1 saturated heterocycles. The van der Waals surface area contributed by atoms with Crippen LogP contribution in [-0.4, -0.2) is 42.0 Å². The molecule has 0 saturated carbocycles. The Morgan fingerprint density at radius 3 is 2.66 bits per heavy atom. The summed E-state index contributed by atoms with van der Waals surface area (Å²) in [6, 6.07) is 8.56. The average Bonchev–Trinajstić information content (AvgIpc) is 2.68. The number of hydrogen-bond acceptors (Lipinski definition) is 4. The molecule has 6 heteroatoms. The minimum atomic E-state index is -0.783. The summed E-state index contributed by atoms with van der Waals surface area (Å²) in [5.41, 5.74) is 1.46. The zero-order chi connectivity index (χ0) is 20.9. The van der Waals surface area contributed by atoms with E-state index in [1.165, 1.54) is 37.6 Å². The number of hydrogen-bond donors (Lipinski definition) is 1. The number of carbonyl (C=O) groups is 1. The molecule has 1 aliphatic heterocycles. The van der Waals surface area contributed by atoms with Gasteiger partial charge in [-0.05, 0) is 55.1 Å². The lowest BCUT2D eigenvalue weighted by molar-refractivity contribution is 0.102. The van der Waals surface area contributed by atoms with Gasteiger partial charge < -0.3 is 10.1 Å².